The maximum Gasteiger partial charge on any atom is 0.474 e. The SMILES string of the molecule is CCOP(=O)(OCC)OC[C@H](O)C[C@H](C)N(C)C(=O)NCc1cccc(F)c1Cl. The molecule has 0 aliphatic rings. The zero-order chi connectivity index (χ0) is 22.0. The van der Waals surface area contributed by atoms with Crippen LogP contribution in [0.5, 0.6) is 0 Å². The van der Waals surface area contributed by atoms with Gasteiger partial charge in [-0.1, -0.05) is 23.7 Å². The van der Waals surface area contributed by atoms with Crippen LogP contribution in [0.2, 0.25) is 5.02 Å². The van der Waals surface area contributed by atoms with Crippen LogP contribution in [-0.4, -0.2) is 55.1 Å². The summed E-state index contributed by atoms with van der Waals surface area (Å²) in [6.07, 6.45) is -0.824. The Labute approximate surface area is 175 Å². The van der Waals surface area contributed by atoms with Gasteiger partial charge in [-0.3, -0.25) is 13.6 Å². The highest BCUT2D eigenvalue weighted by molar-refractivity contribution is 7.48. The second-order valence-corrected chi connectivity index (χ2v) is 8.35. The summed E-state index contributed by atoms with van der Waals surface area (Å²) >= 11 is 5.87. The maximum atomic E-state index is 13.5. The van der Waals surface area contributed by atoms with Crippen LogP contribution in [-0.2, 0) is 24.7 Å². The number of phosphoric acid groups is 1. The fourth-order valence-corrected chi connectivity index (χ4v) is 3.81. The smallest absolute Gasteiger partial charge is 0.391 e. The largest absolute Gasteiger partial charge is 0.474 e. The normalized spacial score (nSPS) is 13.8. The first kappa shape index (κ1) is 25.8. The van der Waals surface area contributed by atoms with Crippen LogP contribution in [0.15, 0.2) is 18.2 Å². The molecule has 1 aromatic rings. The van der Waals surface area contributed by atoms with Crippen LogP contribution in [0.25, 0.3) is 0 Å². The first-order chi connectivity index (χ1) is 13.6. The zero-order valence-electron chi connectivity index (χ0n) is 17.1. The van der Waals surface area contributed by atoms with Crippen LogP contribution in [0, 0.1) is 5.82 Å². The summed E-state index contributed by atoms with van der Waals surface area (Å²) in [5.41, 5.74) is 0.456. The van der Waals surface area contributed by atoms with Crippen molar-refractivity contribution < 1.29 is 32.4 Å². The van der Waals surface area contributed by atoms with Gasteiger partial charge < -0.3 is 15.3 Å². The first-order valence-electron chi connectivity index (χ1n) is 9.28. The predicted octanol–water partition coefficient (Wildman–Crippen LogP) is 3.96. The Morgan fingerprint density at radius 3 is 2.52 bits per heavy atom. The standard InChI is InChI=1S/C18H29ClFN2O6P/c1-5-26-29(25,27-6-2)28-12-15(23)10-13(3)22(4)18(24)21-11-14-8-7-9-16(20)17(14)19/h7-9,13,15,23H,5-6,10-12H2,1-4H3,(H,21,24)/t13-,15+/m0/s1. The number of nitrogens with zero attached hydrogens (tertiary/aromatic N) is 1. The van der Waals surface area contributed by atoms with Crippen molar-refractivity contribution in [2.45, 2.75) is 45.9 Å². The molecule has 11 heteroatoms. The molecule has 0 bridgehead atoms. The number of aliphatic hydroxyl groups excluding tert-OH is 1. The van der Waals surface area contributed by atoms with Gasteiger partial charge in [-0.25, -0.2) is 13.8 Å². The van der Waals surface area contributed by atoms with Crippen LogP contribution in [0.4, 0.5) is 9.18 Å². The van der Waals surface area contributed by atoms with Crippen molar-refractivity contribution in [3.8, 4) is 0 Å². The van der Waals surface area contributed by atoms with Crippen molar-refractivity contribution in [2.24, 2.45) is 0 Å². The Morgan fingerprint density at radius 1 is 1.31 bits per heavy atom. The quantitative estimate of drug-likeness (QED) is 0.464. The van der Waals surface area contributed by atoms with E-state index in [4.69, 9.17) is 25.2 Å². The number of rotatable bonds is 12. The van der Waals surface area contributed by atoms with Crippen molar-refractivity contribution in [2.75, 3.05) is 26.9 Å². The Kier molecular flexibility index (Phi) is 11.1. The molecule has 2 N–H and O–H groups in total. The maximum absolute atomic E-state index is 13.5. The van der Waals surface area contributed by atoms with Gasteiger partial charge in [0.15, 0.2) is 0 Å². The highest BCUT2D eigenvalue weighted by Crippen LogP contribution is 2.49. The topological polar surface area (TPSA) is 97.3 Å². The van der Waals surface area contributed by atoms with Crippen LogP contribution in [0.1, 0.15) is 32.8 Å². The number of phosphoric ester groups is 1. The summed E-state index contributed by atoms with van der Waals surface area (Å²) < 4.78 is 40.8. The molecule has 2 amide bonds. The van der Waals surface area contributed by atoms with Crippen molar-refractivity contribution >= 4 is 25.5 Å². The van der Waals surface area contributed by atoms with Crippen molar-refractivity contribution in [1.29, 1.82) is 0 Å². The number of halogens is 2. The fourth-order valence-electron chi connectivity index (χ4n) is 2.41. The summed E-state index contributed by atoms with van der Waals surface area (Å²) in [4.78, 5) is 13.7. The van der Waals surface area contributed by atoms with E-state index in [0.717, 1.165) is 0 Å². The van der Waals surface area contributed by atoms with Gasteiger partial charge in [-0.2, -0.15) is 0 Å². The average molecular weight is 455 g/mol. The van der Waals surface area contributed by atoms with Gasteiger partial charge in [0.05, 0.1) is 30.9 Å². The molecular weight excluding hydrogens is 426 g/mol. The third-order valence-corrected chi connectivity index (χ3v) is 6.09. The molecule has 0 unspecified atom stereocenters. The highest BCUT2D eigenvalue weighted by Gasteiger charge is 2.27. The molecular formula is C18H29ClFN2O6P. The van der Waals surface area contributed by atoms with E-state index in [1.54, 1.807) is 33.9 Å². The molecule has 0 aliphatic carbocycles. The van der Waals surface area contributed by atoms with E-state index >= 15 is 0 Å². The summed E-state index contributed by atoms with van der Waals surface area (Å²) in [5, 5.41) is 12.8. The number of benzene rings is 1. The van der Waals surface area contributed by atoms with Gasteiger partial charge in [0.1, 0.15) is 5.82 Å². The Morgan fingerprint density at radius 2 is 1.93 bits per heavy atom. The number of amides is 2. The number of carbonyl (C=O) groups is 1. The predicted molar refractivity (Wildman–Crippen MR) is 108 cm³/mol. The molecule has 0 saturated carbocycles. The average Bonchev–Trinajstić information content (AvgIpc) is 2.67. The van der Waals surface area contributed by atoms with Crippen LogP contribution >= 0.6 is 19.4 Å². The van der Waals surface area contributed by atoms with Gasteiger partial charge >= 0.3 is 13.9 Å². The van der Waals surface area contributed by atoms with Gasteiger partial charge in [-0.05, 0) is 38.8 Å². The summed E-state index contributed by atoms with van der Waals surface area (Å²) in [5.74, 6) is -0.556. The molecule has 8 nitrogen and oxygen atoms in total. The van der Waals surface area contributed by atoms with Crippen molar-refractivity contribution in [3.63, 3.8) is 0 Å². The zero-order valence-corrected chi connectivity index (χ0v) is 18.7. The highest BCUT2D eigenvalue weighted by atomic mass is 35.5. The third kappa shape index (κ3) is 8.58. The molecule has 0 aliphatic heterocycles. The number of aliphatic hydroxyl groups is 1. The lowest BCUT2D eigenvalue weighted by atomic mass is 10.1. The van der Waals surface area contributed by atoms with Crippen molar-refractivity contribution in [3.05, 3.63) is 34.6 Å². The Balaban J connectivity index is 2.51. The molecule has 1 rings (SSSR count). The van der Waals surface area contributed by atoms with Gasteiger partial charge in [0.2, 0.25) is 0 Å². The molecule has 166 valence electrons. The van der Waals surface area contributed by atoms with E-state index in [1.165, 1.54) is 17.0 Å². The summed E-state index contributed by atoms with van der Waals surface area (Å²) in [7, 11) is -2.15. The molecule has 2 atom stereocenters. The van der Waals surface area contributed by atoms with Gasteiger partial charge in [-0.15, -0.1) is 0 Å². The molecule has 29 heavy (non-hydrogen) atoms. The minimum absolute atomic E-state index is 0.0379. The fraction of sp³-hybridized carbons (Fsp3) is 0.611. The number of nitrogens with one attached hydrogen (secondary N) is 1. The molecule has 0 fully saturated rings. The molecule has 0 heterocycles. The number of hydrogen-bond donors (Lipinski definition) is 2. The summed E-state index contributed by atoms with van der Waals surface area (Å²) in [6.45, 7) is 5.11. The van der Waals surface area contributed by atoms with E-state index in [0.29, 0.717) is 5.56 Å². The minimum atomic E-state index is -3.71. The molecule has 0 saturated heterocycles. The molecule has 0 aromatic heterocycles. The number of urea groups is 1. The van der Waals surface area contributed by atoms with E-state index in [9.17, 15) is 18.9 Å². The van der Waals surface area contributed by atoms with Gasteiger partial charge in [0, 0.05) is 19.6 Å². The van der Waals surface area contributed by atoms with E-state index < -0.39 is 25.8 Å². The van der Waals surface area contributed by atoms with E-state index in [2.05, 4.69) is 5.32 Å². The Hall–Kier alpha value is -1.22. The van der Waals surface area contributed by atoms with Crippen LogP contribution in [0.3, 0.4) is 0 Å². The molecule has 0 radical (unpaired) electrons. The second-order valence-electron chi connectivity index (χ2n) is 6.30. The number of hydrogen-bond acceptors (Lipinski definition) is 6. The lowest BCUT2D eigenvalue weighted by Crippen LogP contribution is -2.43. The minimum Gasteiger partial charge on any atom is -0.391 e. The third-order valence-electron chi connectivity index (χ3n) is 4.06. The Bertz CT molecular complexity index is 701. The van der Waals surface area contributed by atoms with E-state index in [-0.39, 0.29) is 43.9 Å². The second kappa shape index (κ2) is 12.5. The molecule has 0 spiro atoms. The van der Waals surface area contributed by atoms with E-state index in [1.807, 2.05) is 0 Å². The number of carbonyl (C=O) groups excluding carboxylic acids is 1. The summed E-state index contributed by atoms with van der Waals surface area (Å²) in [6, 6.07) is 3.58. The lowest BCUT2D eigenvalue weighted by Gasteiger charge is -2.27. The van der Waals surface area contributed by atoms with Crippen molar-refractivity contribution in [1.82, 2.24) is 10.2 Å². The lowest BCUT2D eigenvalue weighted by molar-refractivity contribution is 0.0478. The van der Waals surface area contributed by atoms with Gasteiger partial charge in [0.25, 0.3) is 0 Å². The monoisotopic (exact) mass is 454 g/mol. The molecule has 1 aromatic carbocycles. The van der Waals surface area contributed by atoms with Crippen LogP contribution < -0.4 is 5.32 Å². The first-order valence-corrected chi connectivity index (χ1v) is 11.1.